The molecule has 0 bridgehead atoms. The molecule has 0 saturated carbocycles. The van der Waals surface area contributed by atoms with Crippen LogP contribution >= 0.6 is 11.9 Å². The van der Waals surface area contributed by atoms with Crippen LogP contribution in [-0.2, 0) is 6.54 Å². The first-order chi connectivity index (χ1) is 6.59. The average Bonchev–Trinajstić information content (AvgIpc) is 2.43. The standard InChI is InChI=1S/C9H8F3NS/c1-13-4-5-7(14-13)3-2-6(10)8(5)9(11)12/h2-3,9H,4H2,1H3. The lowest BCUT2D eigenvalue weighted by Gasteiger charge is -2.07. The summed E-state index contributed by atoms with van der Waals surface area (Å²) in [6.45, 7) is 0.372. The number of rotatable bonds is 1. The minimum absolute atomic E-state index is 0.372. The topological polar surface area (TPSA) is 3.24 Å². The van der Waals surface area contributed by atoms with Gasteiger partial charge in [0.15, 0.2) is 0 Å². The molecule has 0 spiro atoms. The molecule has 0 saturated heterocycles. The Bertz CT molecular complexity index is 367. The molecule has 1 aliphatic heterocycles. The smallest absolute Gasteiger partial charge is 0.245 e. The van der Waals surface area contributed by atoms with E-state index in [2.05, 4.69) is 0 Å². The van der Waals surface area contributed by atoms with Crippen LogP contribution in [0.2, 0.25) is 0 Å². The maximum atomic E-state index is 13.1. The fourth-order valence-electron chi connectivity index (χ4n) is 1.52. The molecule has 0 aromatic heterocycles. The van der Waals surface area contributed by atoms with E-state index >= 15 is 0 Å². The van der Waals surface area contributed by atoms with E-state index in [9.17, 15) is 13.2 Å². The van der Waals surface area contributed by atoms with E-state index in [0.29, 0.717) is 12.1 Å². The molecular formula is C9H8F3NS. The SMILES string of the molecule is CN1Cc2c(ccc(F)c2C(F)F)S1. The van der Waals surface area contributed by atoms with E-state index in [1.807, 2.05) is 0 Å². The second kappa shape index (κ2) is 3.47. The predicted octanol–water partition coefficient (Wildman–Crippen LogP) is 3.22. The third kappa shape index (κ3) is 1.50. The zero-order valence-electron chi connectivity index (χ0n) is 7.43. The first-order valence-corrected chi connectivity index (χ1v) is 4.85. The van der Waals surface area contributed by atoms with Crippen molar-refractivity contribution in [3.63, 3.8) is 0 Å². The Morgan fingerprint density at radius 1 is 1.43 bits per heavy atom. The Labute approximate surface area is 84.0 Å². The third-order valence-electron chi connectivity index (χ3n) is 2.11. The van der Waals surface area contributed by atoms with Crippen molar-refractivity contribution in [3.05, 3.63) is 29.1 Å². The van der Waals surface area contributed by atoms with Gasteiger partial charge in [-0.15, -0.1) is 0 Å². The monoisotopic (exact) mass is 219 g/mol. The van der Waals surface area contributed by atoms with Crippen molar-refractivity contribution in [2.75, 3.05) is 7.05 Å². The van der Waals surface area contributed by atoms with Crippen LogP contribution in [0.15, 0.2) is 17.0 Å². The van der Waals surface area contributed by atoms with Gasteiger partial charge in [-0.05, 0) is 36.7 Å². The summed E-state index contributed by atoms with van der Waals surface area (Å²) < 4.78 is 40.0. The number of halogens is 3. The third-order valence-corrected chi connectivity index (χ3v) is 3.13. The highest BCUT2D eigenvalue weighted by Gasteiger charge is 2.26. The lowest BCUT2D eigenvalue weighted by atomic mass is 10.1. The predicted molar refractivity (Wildman–Crippen MR) is 48.7 cm³/mol. The van der Waals surface area contributed by atoms with Gasteiger partial charge in [-0.2, -0.15) is 0 Å². The van der Waals surface area contributed by atoms with E-state index in [0.717, 1.165) is 11.0 Å². The van der Waals surface area contributed by atoms with Gasteiger partial charge in [0.05, 0.1) is 5.56 Å². The van der Waals surface area contributed by atoms with Gasteiger partial charge in [0, 0.05) is 11.4 Å². The number of hydrogen-bond donors (Lipinski definition) is 0. The largest absolute Gasteiger partial charge is 0.267 e. The molecule has 1 aliphatic rings. The van der Waals surface area contributed by atoms with Crippen LogP contribution in [0, 0.1) is 5.82 Å². The zero-order chi connectivity index (χ0) is 10.3. The summed E-state index contributed by atoms with van der Waals surface area (Å²) in [5, 5.41) is 0. The highest BCUT2D eigenvalue weighted by atomic mass is 32.2. The Balaban J connectivity index is 2.54. The van der Waals surface area contributed by atoms with E-state index in [-0.39, 0.29) is 0 Å². The van der Waals surface area contributed by atoms with Crippen LogP contribution in [0.25, 0.3) is 0 Å². The normalized spacial score (nSPS) is 16.4. The number of alkyl halides is 2. The fraction of sp³-hybridized carbons (Fsp3) is 0.333. The van der Waals surface area contributed by atoms with Crippen molar-refractivity contribution >= 4 is 11.9 Å². The second-order valence-electron chi connectivity index (χ2n) is 3.12. The lowest BCUT2D eigenvalue weighted by Crippen LogP contribution is -2.03. The molecule has 5 heteroatoms. The molecule has 2 rings (SSSR count). The van der Waals surface area contributed by atoms with Crippen molar-refractivity contribution < 1.29 is 13.2 Å². The number of fused-ring (bicyclic) bond motifs is 1. The fourth-order valence-corrected chi connectivity index (χ4v) is 2.47. The van der Waals surface area contributed by atoms with Crippen LogP contribution in [-0.4, -0.2) is 11.4 Å². The van der Waals surface area contributed by atoms with Crippen LogP contribution in [0.1, 0.15) is 17.6 Å². The molecule has 0 radical (unpaired) electrons. The molecule has 0 fully saturated rings. The van der Waals surface area contributed by atoms with E-state index in [4.69, 9.17) is 0 Å². The summed E-state index contributed by atoms with van der Waals surface area (Å²) in [5.41, 5.74) is -0.0214. The summed E-state index contributed by atoms with van der Waals surface area (Å²) in [5.74, 6) is -0.811. The molecular weight excluding hydrogens is 211 g/mol. The summed E-state index contributed by atoms with van der Waals surface area (Å²) in [7, 11) is 1.79. The maximum Gasteiger partial charge on any atom is 0.267 e. The molecule has 1 aromatic carbocycles. The van der Waals surface area contributed by atoms with E-state index in [1.165, 1.54) is 11.9 Å². The molecule has 0 unspecified atom stereocenters. The van der Waals surface area contributed by atoms with Crippen molar-refractivity contribution in [2.45, 2.75) is 17.9 Å². The van der Waals surface area contributed by atoms with Gasteiger partial charge < -0.3 is 0 Å². The Kier molecular flexibility index (Phi) is 2.45. The first-order valence-electron chi connectivity index (χ1n) is 4.08. The van der Waals surface area contributed by atoms with Crippen LogP contribution in [0.5, 0.6) is 0 Å². The van der Waals surface area contributed by atoms with E-state index in [1.54, 1.807) is 17.4 Å². The molecule has 76 valence electrons. The van der Waals surface area contributed by atoms with Gasteiger partial charge in [-0.25, -0.2) is 17.5 Å². The van der Waals surface area contributed by atoms with Gasteiger partial charge in [-0.1, -0.05) is 0 Å². The van der Waals surface area contributed by atoms with Gasteiger partial charge in [0.25, 0.3) is 6.43 Å². The first kappa shape index (κ1) is 9.86. The van der Waals surface area contributed by atoms with E-state index < -0.39 is 17.8 Å². The van der Waals surface area contributed by atoms with Gasteiger partial charge in [0.1, 0.15) is 5.82 Å². The molecule has 0 amide bonds. The van der Waals surface area contributed by atoms with Gasteiger partial charge >= 0.3 is 0 Å². The quantitative estimate of drug-likeness (QED) is 0.667. The molecule has 14 heavy (non-hydrogen) atoms. The molecule has 1 aromatic rings. The highest BCUT2D eigenvalue weighted by Crippen LogP contribution is 2.40. The molecule has 1 heterocycles. The average molecular weight is 219 g/mol. The molecule has 0 N–H and O–H groups in total. The second-order valence-corrected chi connectivity index (χ2v) is 4.36. The Morgan fingerprint density at radius 2 is 2.14 bits per heavy atom. The van der Waals surface area contributed by atoms with Crippen LogP contribution in [0.4, 0.5) is 13.2 Å². The minimum Gasteiger partial charge on any atom is -0.245 e. The summed E-state index contributed by atoms with van der Waals surface area (Å²) >= 11 is 1.36. The number of benzene rings is 1. The van der Waals surface area contributed by atoms with Gasteiger partial charge in [0.2, 0.25) is 0 Å². The van der Waals surface area contributed by atoms with Crippen molar-refractivity contribution in [2.24, 2.45) is 0 Å². The Hall–Kier alpha value is -0.680. The molecule has 1 nitrogen and oxygen atoms in total. The Morgan fingerprint density at radius 3 is 2.79 bits per heavy atom. The number of nitrogens with zero attached hydrogens (tertiary/aromatic N) is 1. The number of hydrogen-bond acceptors (Lipinski definition) is 2. The van der Waals surface area contributed by atoms with Crippen LogP contribution in [0.3, 0.4) is 0 Å². The summed E-state index contributed by atoms with van der Waals surface area (Å²) in [6.07, 6.45) is -2.74. The summed E-state index contributed by atoms with van der Waals surface area (Å²) in [6, 6.07) is 2.65. The zero-order valence-corrected chi connectivity index (χ0v) is 8.25. The maximum absolute atomic E-state index is 13.1. The van der Waals surface area contributed by atoms with Crippen molar-refractivity contribution in [1.82, 2.24) is 4.31 Å². The van der Waals surface area contributed by atoms with Crippen molar-refractivity contribution in [1.29, 1.82) is 0 Å². The summed E-state index contributed by atoms with van der Waals surface area (Å²) in [4.78, 5) is 0.726. The minimum atomic E-state index is -2.74. The van der Waals surface area contributed by atoms with Crippen molar-refractivity contribution in [3.8, 4) is 0 Å². The lowest BCUT2D eigenvalue weighted by molar-refractivity contribution is 0.144. The van der Waals surface area contributed by atoms with Crippen LogP contribution < -0.4 is 0 Å². The highest BCUT2D eigenvalue weighted by molar-refractivity contribution is 7.97. The molecule has 0 aliphatic carbocycles. The van der Waals surface area contributed by atoms with Gasteiger partial charge in [-0.3, -0.25) is 0 Å². The molecule has 0 atom stereocenters.